The summed E-state index contributed by atoms with van der Waals surface area (Å²) in [6.45, 7) is 0. The molecule has 2 aromatic rings. The van der Waals surface area contributed by atoms with Crippen molar-refractivity contribution in [1.29, 1.82) is 0 Å². The van der Waals surface area contributed by atoms with Crippen LogP contribution in [0.5, 0.6) is 5.75 Å². The van der Waals surface area contributed by atoms with E-state index in [9.17, 15) is 8.42 Å². The number of sulfonamides is 1. The zero-order valence-electron chi connectivity index (χ0n) is 11.9. The second-order valence-electron chi connectivity index (χ2n) is 4.54. The lowest BCUT2D eigenvalue weighted by Crippen LogP contribution is -2.15. The van der Waals surface area contributed by atoms with Gasteiger partial charge in [0.25, 0.3) is 0 Å². The second kappa shape index (κ2) is 6.45. The van der Waals surface area contributed by atoms with Gasteiger partial charge in [-0.05, 0) is 23.3 Å². The summed E-state index contributed by atoms with van der Waals surface area (Å²) in [6, 6.07) is 17.1. The summed E-state index contributed by atoms with van der Waals surface area (Å²) in [4.78, 5) is 0. The molecule has 4 nitrogen and oxygen atoms in total. The van der Waals surface area contributed by atoms with Crippen LogP contribution in [0.4, 0.5) is 0 Å². The van der Waals surface area contributed by atoms with Crippen LogP contribution in [-0.2, 0) is 10.0 Å². The Bertz CT molecular complexity index is 720. The molecule has 0 atom stereocenters. The van der Waals surface area contributed by atoms with Crippen molar-refractivity contribution in [2.24, 2.45) is 0 Å². The van der Waals surface area contributed by atoms with E-state index in [2.05, 4.69) is 4.72 Å². The van der Waals surface area contributed by atoms with E-state index in [1.54, 1.807) is 7.11 Å². The van der Waals surface area contributed by atoms with Crippen LogP contribution < -0.4 is 9.46 Å². The lowest BCUT2D eigenvalue weighted by atomic mass is 9.99. The molecule has 110 valence electrons. The third kappa shape index (κ3) is 4.36. The molecule has 0 fully saturated rings. The van der Waals surface area contributed by atoms with Gasteiger partial charge in [-0.25, -0.2) is 8.42 Å². The molecule has 21 heavy (non-hydrogen) atoms. The molecule has 0 aliphatic heterocycles. The Morgan fingerprint density at radius 2 is 1.57 bits per heavy atom. The molecule has 0 saturated heterocycles. The number of ether oxygens (including phenoxy) is 1. The second-order valence-corrected chi connectivity index (χ2v) is 6.32. The normalized spacial score (nSPS) is 12.0. The molecule has 0 saturated carbocycles. The minimum atomic E-state index is -3.30. The van der Waals surface area contributed by atoms with Crippen molar-refractivity contribution in [2.45, 2.75) is 0 Å². The van der Waals surface area contributed by atoms with Gasteiger partial charge in [0.2, 0.25) is 10.0 Å². The SMILES string of the molecule is COc1ccc(/C(=C/NS(C)(=O)=O)c2ccccc2)cc1. The largest absolute Gasteiger partial charge is 0.497 e. The highest BCUT2D eigenvalue weighted by Gasteiger charge is 2.06. The number of hydrogen-bond donors (Lipinski definition) is 1. The Labute approximate surface area is 125 Å². The molecular formula is C16H17NO3S. The summed E-state index contributed by atoms with van der Waals surface area (Å²) in [5, 5.41) is 0. The van der Waals surface area contributed by atoms with Gasteiger partial charge in [-0.1, -0.05) is 42.5 Å². The van der Waals surface area contributed by atoms with E-state index in [1.165, 1.54) is 6.20 Å². The van der Waals surface area contributed by atoms with Crippen LogP contribution in [0, 0.1) is 0 Å². The van der Waals surface area contributed by atoms with Crippen LogP contribution in [0.3, 0.4) is 0 Å². The maximum absolute atomic E-state index is 11.3. The van der Waals surface area contributed by atoms with Gasteiger partial charge in [0, 0.05) is 11.8 Å². The summed E-state index contributed by atoms with van der Waals surface area (Å²) < 4.78 is 30.2. The molecule has 1 N–H and O–H groups in total. The first-order valence-electron chi connectivity index (χ1n) is 6.37. The van der Waals surface area contributed by atoms with E-state index in [0.717, 1.165) is 28.7 Å². The minimum Gasteiger partial charge on any atom is -0.497 e. The van der Waals surface area contributed by atoms with Crippen molar-refractivity contribution >= 4 is 15.6 Å². The van der Waals surface area contributed by atoms with Crippen LogP contribution in [-0.4, -0.2) is 21.8 Å². The minimum absolute atomic E-state index is 0.752. The van der Waals surface area contributed by atoms with Crippen LogP contribution in [0.15, 0.2) is 60.8 Å². The molecular weight excluding hydrogens is 286 g/mol. The summed E-state index contributed by atoms with van der Waals surface area (Å²) >= 11 is 0. The zero-order chi connectivity index (χ0) is 15.3. The van der Waals surface area contributed by atoms with Crippen LogP contribution in [0.1, 0.15) is 11.1 Å². The fraction of sp³-hybridized carbons (Fsp3) is 0.125. The zero-order valence-corrected chi connectivity index (χ0v) is 12.7. The van der Waals surface area contributed by atoms with Gasteiger partial charge in [0.15, 0.2) is 0 Å². The maximum atomic E-state index is 11.3. The molecule has 0 aliphatic rings. The van der Waals surface area contributed by atoms with E-state index in [1.807, 2.05) is 54.6 Å². The Morgan fingerprint density at radius 3 is 2.10 bits per heavy atom. The van der Waals surface area contributed by atoms with Gasteiger partial charge in [-0.15, -0.1) is 0 Å². The number of hydrogen-bond acceptors (Lipinski definition) is 3. The van der Waals surface area contributed by atoms with E-state index >= 15 is 0 Å². The predicted octanol–water partition coefficient (Wildman–Crippen LogP) is 2.63. The monoisotopic (exact) mass is 303 g/mol. The molecule has 0 amide bonds. The molecule has 2 aromatic carbocycles. The molecule has 5 heteroatoms. The van der Waals surface area contributed by atoms with Gasteiger partial charge in [-0.2, -0.15) is 0 Å². The fourth-order valence-electron chi connectivity index (χ4n) is 1.89. The quantitative estimate of drug-likeness (QED) is 0.924. The average Bonchev–Trinajstić information content (AvgIpc) is 2.48. The third-order valence-corrected chi connectivity index (χ3v) is 3.45. The highest BCUT2D eigenvalue weighted by molar-refractivity contribution is 7.88. The first-order chi connectivity index (χ1) is 9.99. The van der Waals surface area contributed by atoms with Crippen molar-refractivity contribution in [3.63, 3.8) is 0 Å². The van der Waals surface area contributed by atoms with Crippen molar-refractivity contribution < 1.29 is 13.2 Å². The highest BCUT2D eigenvalue weighted by atomic mass is 32.2. The third-order valence-electron chi connectivity index (χ3n) is 2.90. The Morgan fingerprint density at radius 1 is 1.00 bits per heavy atom. The average molecular weight is 303 g/mol. The smallest absolute Gasteiger partial charge is 0.229 e. The molecule has 0 spiro atoms. The number of nitrogens with one attached hydrogen (secondary N) is 1. The van der Waals surface area contributed by atoms with Gasteiger partial charge in [-0.3, -0.25) is 4.72 Å². The molecule has 0 aliphatic carbocycles. The first-order valence-corrected chi connectivity index (χ1v) is 8.26. The molecule has 0 heterocycles. The van der Waals surface area contributed by atoms with Crippen LogP contribution in [0.2, 0.25) is 0 Å². The Hall–Kier alpha value is -2.27. The van der Waals surface area contributed by atoms with Crippen LogP contribution >= 0.6 is 0 Å². The van der Waals surface area contributed by atoms with E-state index in [4.69, 9.17) is 4.74 Å². The van der Waals surface area contributed by atoms with Gasteiger partial charge in [0.05, 0.1) is 13.4 Å². The lowest BCUT2D eigenvalue weighted by molar-refractivity contribution is 0.415. The summed E-state index contributed by atoms with van der Waals surface area (Å²) in [5.41, 5.74) is 2.63. The van der Waals surface area contributed by atoms with Gasteiger partial charge < -0.3 is 4.74 Å². The molecule has 0 aromatic heterocycles. The topological polar surface area (TPSA) is 55.4 Å². The maximum Gasteiger partial charge on any atom is 0.229 e. The fourth-order valence-corrected chi connectivity index (χ4v) is 2.22. The first kappa shape index (κ1) is 15.1. The van der Waals surface area contributed by atoms with Crippen molar-refractivity contribution in [2.75, 3.05) is 13.4 Å². The summed E-state index contributed by atoms with van der Waals surface area (Å²) in [5.74, 6) is 0.752. The predicted molar refractivity (Wildman–Crippen MR) is 84.5 cm³/mol. The number of benzene rings is 2. The summed E-state index contributed by atoms with van der Waals surface area (Å²) in [7, 11) is -1.69. The standard InChI is InChI=1S/C16H17NO3S/c1-20-15-10-8-14(9-11-15)16(12-17-21(2,18)19)13-6-4-3-5-7-13/h3-12,17H,1-2H3/b16-12+. The Balaban J connectivity index is 2.44. The lowest BCUT2D eigenvalue weighted by Gasteiger charge is -2.10. The molecule has 0 bridgehead atoms. The number of methoxy groups -OCH3 is 1. The van der Waals surface area contributed by atoms with E-state index < -0.39 is 10.0 Å². The van der Waals surface area contributed by atoms with Gasteiger partial charge in [0.1, 0.15) is 5.75 Å². The highest BCUT2D eigenvalue weighted by Crippen LogP contribution is 2.24. The van der Waals surface area contributed by atoms with E-state index in [0.29, 0.717) is 0 Å². The Kier molecular flexibility index (Phi) is 4.65. The van der Waals surface area contributed by atoms with Gasteiger partial charge >= 0.3 is 0 Å². The summed E-state index contributed by atoms with van der Waals surface area (Å²) in [6.07, 6.45) is 2.63. The number of rotatable bonds is 5. The van der Waals surface area contributed by atoms with Crippen molar-refractivity contribution in [1.82, 2.24) is 4.72 Å². The van der Waals surface area contributed by atoms with Crippen molar-refractivity contribution in [3.8, 4) is 5.75 Å². The molecule has 0 unspecified atom stereocenters. The van der Waals surface area contributed by atoms with E-state index in [-0.39, 0.29) is 0 Å². The molecule has 2 rings (SSSR count). The molecule has 0 radical (unpaired) electrons. The van der Waals surface area contributed by atoms with Crippen LogP contribution in [0.25, 0.3) is 5.57 Å². The van der Waals surface area contributed by atoms with Crippen molar-refractivity contribution in [3.05, 3.63) is 71.9 Å².